The molecule has 0 saturated carbocycles. The third-order valence-corrected chi connectivity index (χ3v) is 3.29. The highest BCUT2D eigenvalue weighted by atomic mass is 16.5. The van der Waals surface area contributed by atoms with E-state index in [9.17, 15) is 9.90 Å². The third kappa shape index (κ3) is 3.19. The SMILES string of the molecule is COc1ccc(OC)c(C(C)(CC(C)C)C(=O)O)c1. The summed E-state index contributed by atoms with van der Waals surface area (Å²) < 4.78 is 10.5. The number of benzene rings is 1. The summed E-state index contributed by atoms with van der Waals surface area (Å²) >= 11 is 0. The van der Waals surface area contributed by atoms with Crippen molar-refractivity contribution in [2.75, 3.05) is 14.2 Å². The lowest BCUT2D eigenvalue weighted by Gasteiger charge is -2.29. The highest BCUT2D eigenvalue weighted by Gasteiger charge is 2.38. The zero-order chi connectivity index (χ0) is 14.6. The maximum atomic E-state index is 11.7. The minimum Gasteiger partial charge on any atom is -0.497 e. The number of carbonyl (C=O) groups is 1. The molecule has 4 nitrogen and oxygen atoms in total. The van der Waals surface area contributed by atoms with E-state index in [0.717, 1.165) is 0 Å². The van der Waals surface area contributed by atoms with Gasteiger partial charge in [-0.2, -0.15) is 0 Å². The van der Waals surface area contributed by atoms with Crippen molar-refractivity contribution in [2.24, 2.45) is 5.92 Å². The second-order valence-corrected chi connectivity index (χ2v) is 5.30. The van der Waals surface area contributed by atoms with Crippen molar-refractivity contribution in [3.8, 4) is 11.5 Å². The molecule has 0 aliphatic heterocycles. The topological polar surface area (TPSA) is 55.8 Å². The van der Waals surface area contributed by atoms with Crippen LogP contribution in [-0.4, -0.2) is 25.3 Å². The Morgan fingerprint density at radius 2 is 1.95 bits per heavy atom. The summed E-state index contributed by atoms with van der Waals surface area (Å²) in [6.07, 6.45) is 0.534. The van der Waals surface area contributed by atoms with Crippen LogP contribution in [0.1, 0.15) is 32.8 Å². The van der Waals surface area contributed by atoms with Gasteiger partial charge in [-0.05, 0) is 37.5 Å². The average Bonchev–Trinajstić information content (AvgIpc) is 2.36. The first kappa shape index (κ1) is 15.3. The second-order valence-electron chi connectivity index (χ2n) is 5.30. The molecule has 19 heavy (non-hydrogen) atoms. The molecule has 1 unspecified atom stereocenters. The summed E-state index contributed by atoms with van der Waals surface area (Å²) in [6.45, 7) is 5.74. The van der Waals surface area contributed by atoms with Crippen molar-refractivity contribution in [1.82, 2.24) is 0 Å². The minimum atomic E-state index is -0.992. The first-order chi connectivity index (χ1) is 8.85. The molecule has 1 aromatic rings. The zero-order valence-electron chi connectivity index (χ0n) is 12.2. The van der Waals surface area contributed by atoms with Gasteiger partial charge in [0.1, 0.15) is 11.5 Å². The number of carboxylic acid groups (broad SMARTS) is 1. The molecule has 4 heteroatoms. The lowest BCUT2D eigenvalue weighted by molar-refractivity contribution is -0.143. The van der Waals surface area contributed by atoms with Crippen molar-refractivity contribution in [3.63, 3.8) is 0 Å². The Balaban J connectivity index is 3.39. The maximum Gasteiger partial charge on any atom is 0.313 e. The first-order valence-corrected chi connectivity index (χ1v) is 6.31. The molecule has 0 aliphatic rings. The fraction of sp³-hybridized carbons (Fsp3) is 0.533. The molecule has 0 radical (unpaired) electrons. The van der Waals surface area contributed by atoms with Gasteiger partial charge < -0.3 is 14.6 Å². The van der Waals surface area contributed by atoms with Crippen LogP contribution in [0.15, 0.2) is 18.2 Å². The lowest BCUT2D eigenvalue weighted by atomic mass is 9.75. The summed E-state index contributed by atoms with van der Waals surface area (Å²) in [5.74, 6) is 0.614. The van der Waals surface area contributed by atoms with E-state index in [1.54, 1.807) is 39.3 Å². The fourth-order valence-electron chi connectivity index (χ4n) is 2.37. The monoisotopic (exact) mass is 266 g/mol. The Labute approximate surface area is 114 Å². The van der Waals surface area contributed by atoms with Crippen LogP contribution in [0.2, 0.25) is 0 Å². The van der Waals surface area contributed by atoms with Crippen molar-refractivity contribution in [2.45, 2.75) is 32.6 Å². The Morgan fingerprint density at radius 1 is 1.32 bits per heavy atom. The fourth-order valence-corrected chi connectivity index (χ4v) is 2.37. The van der Waals surface area contributed by atoms with E-state index < -0.39 is 11.4 Å². The summed E-state index contributed by atoms with van der Waals surface area (Å²) in [4.78, 5) is 11.7. The number of methoxy groups -OCH3 is 2. The van der Waals surface area contributed by atoms with E-state index in [0.29, 0.717) is 23.5 Å². The molecule has 0 heterocycles. The van der Waals surface area contributed by atoms with E-state index in [-0.39, 0.29) is 5.92 Å². The summed E-state index contributed by atoms with van der Waals surface area (Å²) in [7, 11) is 3.11. The predicted octanol–water partition coefficient (Wildman–Crippen LogP) is 3.09. The molecule has 0 bridgehead atoms. The molecule has 0 fully saturated rings. The van der Waals surface area contributed by atoms with Crippen molar-refractivity contribution in [3.05, 3.63) is 23.8 Å². The van der Waals surface area contributed by atoms with E-state index in [1.807, 2.05) is 13.8 Å². The van der Waals surface area contributed by atoms with E-state index in [1.165, 1.54) is 0 Å². The summed E-state index contributed by atoms with van der Waals surface area (Å²) in [5.41, 5.74) is -0.343. The number of rotatable bonds is 6. The van der Waals surface area contributed by atoms with Crippen LogP contribution in [0.5, 0.6) is 11.5 Å². The van der Waals surface area contributed by atoms with Crippen LogP contribution in [0.4, 0.5) is 0 Å². The average molecular weight is 266 g/mol. The number of aliphatic carboxylic acids is 1. The molecule has 1 N–H and O–H groups in total. The van der Waals surface area contributed by atoms with Gasteiger partial charge >= 0.3 is 5.97 Å². The molecular formula is C15H22O4. The predicted molar refractivity (Wildman–Crippen MR) is 74.0 cm³/mol. The largest absolute Gasteiger partial charge is 0.497 e. The Kier molecular flexibility index (Phi) is 4.81. The smallest absolute Gasteiger partial charge is 0.313 e. The van der Waals surface area contributed by atoms with Crippen LogP contribution >= 0.6 is 0 Å². The van der Waals surface area contributed by atoms with Gasteiger partial charge in [-0.15, -0.1) is 0 Å². The van der Waals surface area contributed by atoms with Gasteiger partial charge in [-0.25, -0.2) is 0 Å². The molecule has 1 atom stereocenters. The standard InChI is InChI=1S/C15H22O4/c1-10(2)9-15(3,14(16)17)12-8-11(18-4)6-7-13(12)19-5/h6-8,10H,9H2,1-5H3,(H,16,17). The number of ether oxygens (including phenoxy) is 2. The Morgan fingerprint density at radius 3 is 2.37 bits per heavy atom. The van der Waals surface area contributed by atoms with Crippen molar-refractivity contribution < 1.29 is 19.4 Å². The number of hydrogen-bond donors (Lipinski definition) is 1. The van der Waals surface area contributed by atoms with Gasteiger partial charge in [0.15, 0.2) is 0 Å². The molecule has 1 rings (SSSR count). The van der Waals surface area contributed by atoms with E-state index in [4.69, 9.17) is 9.47 Å². The maximum absolute atomic E-state index is 11.7. The molecule has 0 spiro atoms. The summed E-state index contributed by atoms with van der Waals surface area (Å²) in [5, 5.41) is 9.62. The van der Waals surface area contributed by atoms with Crippen LogP contribution in [-0.2, 0) is 10.2 Å². The van der Waals surface area contributed by atoms with Crippen LogP contribution in [0, 0.1) is 5.92 Å². The molecular weight excluding hydrogens is 244 g/mol. The highest BCUT2D eigenvalue weighted by molar-refractivity contribution is 5.82. The molecule has 0 aromatic heterocycles. The number of carboxylic acids is 1. The van der Waals surface area contributed by atoms with Gasteiger partial charge in [-0.1, -0.05) is 13.8 Å². The molecule has 0 amide bonds. The number of hydrogen-bond acceptors (Lipinski definition) is 3. The van der Waals surface area contributed by atoms with Gasteiger partial charge in [0.2, 0.25) is 0 Å². The van der Waals surface area contributed by atoms with Gasteiger partial charge in [-0.3, -0.25) is 4.79 Å². The van der Waals surface area contributed by atoms with Gasteiger partial charge in [0.25, 0.3) is 0 Å². The second kappa shape index (κ2) is 5.95. The van der Waals surface area contributed by atoms with Crippen LogP contribution in [0.3, 0.4) is 0 Å². The molecule has 0 saturated heterocycles. The first-order valence-electron chi connectivity index (χ1n) is 6.31. The van der Waals surface area contributed by atoms with Crippen molar-refractivity contribution in [1.29, 1.82) is 0 Å². The lowest BCUT2D eigenvalue weighted by Crippen LogP contribution is -2.34. The van der Waals surface area contributed by atoms with Crippen LogP contribution in [0.25, 0.3) is 0 Å². The van der Waals surface area contributed by atoms with Gasteiger partial charge in [0.05, 0.1) is 19.6 Å². The quantitative estimate of drug-likeness (QED) is 0.859. The van der Waals surface area contributed by atoms with Crippen molar-refractivity contribution >= 4 is 5.97 Å². The highest BCUT2D eigenvalue weighted by Crippen LogP contribution is 2.39. The van der Waals surface area contributed by atoms with Gasteiger partial charge in [0, 0.05) is 5.56 Å². The normalized spacial score (nSPS) is 14.0. The Hall–Kier alpha value is -1.71. The third-order valence-electron chi connectivity index (χ3n) is 3.29. The van der Waals surface area contributed by atoms with Crippen LogP contribution < -0.4 is 9.47 Å². The molecule has 106 valence electrons. The van der Waals surface area contributed by atoms with E-state index in [2.05, 4.69) is 0 Å². The zero-order valence-corrected chi connectivity index (χ0v) is 12.2. The minimum absolute atomic E-state index is 0.261. The Bertz CT molecular complexity index is 453. The summed E-state index contributed by atoms with van der Waals surface area (Å²) in [6, 6.07) is 5.25. The van der Waals surface area contributed by atoms with E-state index >= 15 is 0 Å². The molecule has 0 aliphatic carbocycles. The molecule has 1 aromatic carbocycles.